The molecule has 2 heteroatoms. The van der Waals surface area contributed by atoms with Gasteiger partial charge in [0.05, 0.1) is 0 Å². The molecular weight excluding hydrogens is 111 g/mol. The summed E-state index contributed by atoms with van der Waals surface area (Å²) in [5.41, 5.74) is 0. The van der Waals surface area contributed by atoms with Crippen LogP contribution in [0.1, 0.15) is 0 Å². The second-order valence-electron chi connectivity index (χ2n) is 0.189. The number of hydrogen-bond donors (Lipinski definition) is 0. The Balaban J connectivity index is 0. The molecule has 0 fully saturated rings. The van der Waals surface area contributed by atoms with Gasteiger partial charge in [-0.05, 0) is 6.92 Å². The molecule has 0 spiro atoms. The first-order valence-electron chi connectivity index (χ1n) is 0.767. The fourth-order valence-electron chi connectivity index (χ4n) is 0. The fraction of sp³-hybridized carbons (Fsp3) is 0.500. The molecule has 1 radical (unpaired) electrons. The van der Waals surface area contributed by atoms with Gasteiger partial charge < -0.3 is 0 Å². The van der Waals surface area contributed by atoms with Crippen molar-refractivity contribution in [3.8, 4) is 0 Å². The Bertz CT molecular complexity index is 6.00. The second kappa shape index (κ2) is 8.95. The molecule has 0 aliphatic heterocycles. The van der Waals surface area contributed by atoms with E-state index in [1.165, 1.54) is 0 Å². The maximum absolute atomic E-state index is 3.40. The fourth-order valence-corrected chi connectivity index (χ4v) is 0. The van der Waals surface area contributed by atoms with Crippen molar-refractivity contribution in [2.45, 2.75) is 0 Å². The van der Waals surface area contributed by atoms with Crippen LogP contribution < -0.4 is 0 Å². The van der Waals surface area contributed by atoms with E-state index < -0.39 is 0 Å². The summed E-state index contributed by atoms with van der Waals surface area (Å²) in [6, 6.07) is 0. The number of hydrogen-bond acceptors (Lipinski definition) is 0. The zero-order valence-corrected chi connectivity index (χ0v) is 3.38. The third kappa shape index (κ3) is 11.4. The molecule has 0 atom stereocenters. The van der Waals surface area contributed by atoms with Crippen LogP contribution in [0.2, 0.25) is 0 Å². The van der Waals surface area contributed by atoms with Gasteiger partial charge in [0.25, 0.3) is 0 Å². The Morgan fingerprint density at radius 2 is 1.75 bits per heavy atom. The van der Waals surface area contributed by atoms with E-state index in [9.17, 15) is 0 Å². The maximum atomic E-state index is 3.40. The van der Waals surface area contributed by atoms with Gasteiger partial charge in [0, 0.05) is 5.33 Å². The molecule has 21 valence electrons. The first kappa shape index (κ1) is 8.91. The zero-order valence-electron chi connectivity index (χ0n) is 1.79. The Morgan fingerprint density at radius 1 is 1.75 bits per heavy atom. The molecule has 0 aromatic heterocycles. The van der Waals surface area contributed by atoms with Crippen molar-refractivity contribution in [3.63, 3.8) is 0 Å². The van der Waals surface area contributed by atoms with Gasteiger partial charge >= 0.3 is 18.9 Å². The molecule has 0 aliphatic carbocycles. The normalized spacial score (nSPS) is 4.50. The van der Waals surface area contributed by atoms with Crippen molar-refractivity contribution in [1.29, 1.82) is 0 Å². The number of alkyl halides is 1. The van der Waals surface area contributed by atoms with E-state index in [-0.39, 0.29) is 18.9 Å². The van der Waals surface area contributed by atoms with Crippen LogP contribution >= 0.6 is 15.9 Å². The topological polar surface area (TPSA) is 0 Å². The zero-order chi connectivity index (χ0) is 2.71. The van der Waals surface area contributed by atoms with Crippen LogP contribution in [-0.2, 0) is 0 Å². The van der Waals surface area contributed by atoms with Crippen molar-refractivity contribution in [2.24, 2.45) is 0 Å². The van der Waals surface area contributed by atoms with E-state index >= 15 is 0 Å². The Labute approximate surface area is 47.3 Å². The molecule has 0 saturated heterocycles. The quantitative estimate of drug-likeness (QED) is 0.320. The summed E-state index contributed by atoms with van der Waals surface area (Å²) in [4.78, 5) is 0. The third-order valence-corrected chi connectivity index (χ3v) is 0. The molecule has 0 saturated carbocycles. The molecule has 0 N–H and O–H groups in total. The summed E-state index contributed by atoms with van der Waals surface area (Å²) in [6.07, 6.45) is 0. The molecule has 0 rings (SSSR count). The van der Waals surface area contributed by atoms with Crippen LogP contribution in [0.3, 0.4) is 0 Å². The van der Waals surface area contributed by atoms with E-state index in [1.54, 1.807) is 0 Å². The molecule has 0 aliphatic rings. The van der Waals surface area contributed by atoms with E-state index in [0.717, 1.165) is 5.33 Å². The monoisotopic (exact) mass is 115 g/mol. The van der Waals surface area contributed by atoms with Gasteiger partial charge in [0.15, 0.2) is 0 Å². The van der Waals surface area contributed by atoms with Crippen molar-refractivity contribution in [1.82, 2.24) is 0 Å². The predicted molar refractivity (Wildman–Crippen MR) is 26.3 cm³/mol. The minimum absolute atomic E-state index is 0. The van der Waals surface area contributed by atoms with Crippen LogP contribution in [0.15, 0.2) is 0 Å². The molecule has 0 aromatic rings. The van der Waals surface area contributed by atoms with Crippen molar-refractivity contribution in [3.05, 3.63) is 6.92 Å². The van der Waals surface area contributed by atoms with Crippen molar-refractivity contribution < 1.29 is 0 Å². The minimum atomic E-state index is 0. The SMILES string of the molecule is [CH2]CBr.[LiH]. The summed E-state index contributed by atoms with van der Waals surface area (Å²) in [5.74, 6) is 0. The summed E-state index contributed by atoms with van der Waals surface area (Å²) in [5, 5.41) is 0.812. The van der Waals surface area contributed by atoms with E-state index in [4.69, 9.17) is 0 Å². The van der Waals surface area contributed by atoms with Gasteiger partial charge in [-0.1, -0.05) is 15.9 Å². The molecule has 0 bridgehead atoms. The first-order chi connectivity index (χ1) is 1.41. The average molecular weight is 116 g/mol. The summed E-state index contributed by atoms with van der Waals surface area (Å²) in [7, 11) is 0. The summed E-state index contributed by atoms with van der Waals surface area (Å²) >= 11 is 3.03. The van der Waals surface area contributed by atoms with Gasteiger partial charge in [-0.25, -0.2) is 0 Å². The molecule has 0 heterocycles. The van der Waals surface area contributed by atoms with Crippen LogP contribution in [-0.4, -0.2) is 24.2 Å². The van der Waals surface area contributed by atoms with Gasteiger partial charge in [-0.2, -0.15) is 0 Å². The Hall–Kier alpha value is 1.08. The van der Waals surface area contributed by atoms with Gasteiger partial charge in [0.2, 0.25) is 0 Å². The molecule has 0 nitrogen and oxygen atoms in total. The van der Waals surface area contributed by atoms with E-state index in [1.807, 2.05) is 0 Å². The third-order valence-electron chi connectivity index (χ3n) is 0. The number of rotatable bonds is 0. The van der Waals surface area contributed by atoms with E-state index in [0.29, 0.717) is 0 Å². The first-order valence-corrected chi connectivity index (χ1v) is 1.89. The molecule has 0 amide bonds. The van der Waals surface area contributed by atoms with Crippen molar-refractivity contribution >= 4 is 34.8 Å². The van der Waals surface area contributed by atoms with Crippen molar-refractivity contribution in [2.75, 3.05) is 5.33 Å². The standard InChI is InChI=1S/C2H4Br.Li.H/c1-2-3;;/h1-2H2;;. The van der Waals surface area contributed by atoms with Gasteiger partial charge in [0.1, 0.15) is 0 Å². The molecular formula is C2H5BrLi. The molecule has 4 heavy (non-hydrogen) atoms. The Kier molecular flexibility index (Phi) is 19.9. The molecule has 0 aromatic carbocycles. The van der Waals surface area contributed by atoms with Crippen LogP contribution in [0.4, 0.5) is 0 Å². The van der Waals surface area contributed by atoms with Gasteiger partial charge in [-0.15, -0.1) is 0 Å². The van der Waals surface area contributed by atoms with E-state index in [2.05, 4.69) is 22.9 Å². The number of halogens is 1. The van der Waals surface area contributed by atoms with Crippen LogP contribution in [0, 0.1) is 6.92 Å². The Morgan fingerprint density at radius 3 is 1.75 bits per heavy atom. The van der Waals surface area contributed by atoms with Crippen LogP contribution in [0.25, 0.3) is 0 Å². The predicted octanol–water partition coefficient (Wildman–Crippen LogP) is 0.567. The average Bonchev–Trinajstić information content (AvgIpc) is 0.918. The summed E-state index contributed by atoms with van der Waals surface area (Å²) < 4.78 is 0. The second-order valence-corrected chi connectivity index (χ2v) is 0.982. The van der Waals surface area contributed by atoms with Gasteiger partial charge in [-0.3, -0.25) is 0 Å². The molecule has 0 unspecified atom stereocenters. The van der Waals surface area contributed by atoms with Crippen LogP contribution in [0.5, 0.6) is 0 Å². The summed E-state index contributed by atoms with van der Waals surface area (Å²) in [6.45, 7) is 3.40.